The van der Waals surface area contributed by atoms with Gasteiger partial charge in [0.15, 0.2) is 5.67 Å². The summed E-state index contributed by atoms with van der Waals surface area (Å²) in [6, 6.07) is 7.08. The number of thiazole rings is 1. The van der Waals surface area contributed by atoms with Crippen molar-refractivity contribution in [2.24, 2.45) is 17.3 Å². The number of aldehydes is 2. The van der Waals surface area contributed by atoms with Crippen LogP contribution in [0.3, 0.4) is 0 Å². The van der Waals surface area contributed by atoms with Gasteiger partial charge in [0.2, 0.25) is 5.91 Å². The van der Waals surface area contributed by atoms with E-state index in [2.05, 4.69) is 57.1 Å². The van der Waals surface area contributed by atoms with E-state index in [0.29, 0.717) is 12.9 Å². The van der Waals surface area contributed by atoms with Crippen LogP contribution in [-0.4, -0.2) is 122 Å². The number of amides is 2. The van der Waals surface area contributed by atoms with Crippen molar-refractivity contribution in [1.29, 1.82) is 0 Å². The Bertz CT molecular complexity index is 1460. The molecule has 339 valence electrons. The molecule has 12 nitrogen and oxygen atoms in total. The van der Waals surface area contributed by atoms with Gasteiger partial charge in [0.25, 0.3) is 5.91 Å². The second kappa shape index (κ2) is 31.7. The maximum Gasteiger partial charge on any atom is 0.258 e. The summed E-state index contributed by atoms with van der Waals surface area (Å²) >= 11 is 1.70. The number of carbonyl (C=O) groups excluding carboxylic acids is 4. The summed E-state index contributed by atoms with van der Waals surface area (Å²) in [5.74, 6) is 0.850. The molecule has 4 aliphatic rings. The number of aromatic nitrogens is 1. The SMILES string of the molecule is CC.CC(C)(C)C(NC(=O)C1(F)CC1)C(=O)N1COCC1C=O.CC=O.CCCO.CN1CCC(CC2CC[N-]CC2)CC1.CNCc1ccc(-c2scnc2C)cc1.[Y]. The quantitative estimate of drug-likeness (QED) is 0.207. The van der Waals surface area contributed by atoms with Gasteiger partial charge in [-0.05, 0) is 108 Å². The number of ether oxygens (including phenoxy) is 1. The number of aryl methyl sites for hydroxylation is 1. The molecule has 2 atom stereocenters. The van der Waals surface area contributed by atoms with Crippen LogP contribution >= 0.6 is 11.3 Å². The molecular weight excluding hydrogens is 861 g/mol. The summed E-state index contributed by atoms with van der Waals surface area (Å²) < 4.78 is 18.9. The molecule has 2 unspecified atom stereocenters. The predicted molar refractivity (Wildman–Crippen MR) is 238 cm³/mol. The van der Waals surface area contributed by atoms with Crippen LogP contribution in [0.2, 0.25) is 0 Å². The Labute approximate surface area is 390 Å². The molecule has 4 fully saturated rings. The van der Waals surface area contributed by atoms with Crippen LogP contribution in [0.25, 0.3) is 15.8 Å². The first-order valence-electron chi connectivity index (χ1n) is 21.5. The summed E-state index contributed by atoms with van der Waals surface area (Å²) in [6.07, 6.45) is 9.74. The average molecular weight is 937 g/mol. The molecule has 1 aromatic carbocycles. The topological polar surface area (TPSA) is 155 Å². The van der Waals surface area contributed by atoms with E-state index >= 15 is 0 Å². The number of aliphatic hydroxyl groups is 1. The van der Waals surface area contributed by atoms with E-state index in [4.69, 9.17) is 14.6 Å². The Kier molecular flexibility index (Phi) is 30.7. The number of rotatable bonds is 10. The molecule has 2 amide bonds. The number of carbonyl (C=O) groups is 4. The van der Waals surface area contributed by atoms with Gasteiger partial charge in [-0.15, -0.1) is 24.4 Å². The monoisotopic (exact) mass is 936 g/mol. The van der Waals surface area contributed by atoms with Crippen molar-refractivity contribution < 1.29 is 66.1 Å². The van der Waals surface area contributed by atoms with Crippen molar-refractivity contribution in [2.45, 2.75) is 131 Å². The maximum atomic E-state index is 13.8. The van der Waals surface area contributed by atoms with E-state index in [-0.39, 0.29) is 58.9 Å². The van der Waals surface area contributed by atoms with E-state index in [1.165, 1.54) is 73.0 Å². The summed E-state index contributed by atoms with van der Waals surface area (Å²) in [4.78, 5) is 53.5. The zero-order chi connectivity index (χ0) is 44.4. The summed E-state index contributed by atoms with van der Waals surface area (Å²) in [6.45, 7) is 21.1. The van der Waals surface area contributed by atoms with Crippen LogP contribution in [-0.2, 0) is 63.2 Å². The number of piperidine rings is 2. The van der Waals surface area contributed by atoms with Crippen LogP contribution in [0.5, 0.6) is 0 Å². The molecule has 1 aliphatic carbocycles. The Morgan fingerprint density at radius 2 is 1.63 bits per heavy atom. The van der Waals surface area contributed by atoms with E-state index in [0.717, 1.165) is 49.9 Å². The van der Waals surface area contributed by atoms with Crippen LogP contribution in [0, 0.1) is 24.2 Å². The van der Waals surface area contributed by atoms with E-state index in [1.54, 1.807) is 32.1 Å². The number of halogens is 1. The largest absolute Gasteiger partial charge is 0.662 e. The van der Waals surface area contributed by atoms with Gasteiger partial charge in [0.05, 0.1) is 22.7 Å². The Hall–Kier alpha value is -2.04. The molecule has 4 heterocycles. The van der Waals surface area contributed by atoms with Crippen molar-refractivity contribution in [3.63, 3.8) is 0 Å². The molecule has 3 saturated heterocycles. The number of nitrogens with one attached hydrogen (secondary N) is 2. The van der Waals surface area contributed by atoms with Crippen molar-refractivity contribution in [1.82, 2.24) is 25.4 Å². The third kappa shape index (κ3) is 21.4. The van der Waals surface area contributed by atoms with Crippen LogP contribution in [0.1, 0.15) is 111 Å². The van der Waals surface area contributed by atoms with Crippen molar-refractivity contribution >= 4 is 35.7 Å². The van der Waals surface area contributed by atoms with Crippen molar-refractivity contribution in [2.75, 3.05) is 60.2 Å². The predicted octanol–water partition coefficient (Wildman–Crippen LogP) is 7.36. The molecule has 60 heavy (non-hydrogen) atoms. The van der Waals surface area contributed by atoms with Crippen molar-refractivity contribution in [3.8, 4) is 10.4 Å². The number of aliphatic hydroxyl groups excluding tert-OH is 1. The molecule has 15 heteroatoms. The number of nitrogens with zero attached hydrogens (tertiary/aromatic N) is 4. The first-order chi connectivity index (χ1) is 28.2. The molecule has 1 saturated carbocycles. The van der Waals surface area contributed by atoms with Gasteiger partial charge in [0.1, 0.15) is 31.4 Å². The minimum absolute atomic E-state index is 0. The number of benzene rings is 1. The molecule has 3 N–H and O–H groups in total. The summed E-state index contributed by atoms with van der Waals surface area (Å²) in [7, 11) is 4.21. The fourth-order valence-corrected chi connectivity index (χ4v) is 7.39. The number of hydrogen-bond acceptors (Lipinski definition) is 10. The first kappa shape index (κ1) is 58.0. The third-order valence-electron chi connectivity index (χ3n) is 10.3. The molecule has 1 aromatic heterocycles. The first-order valence-corrected chi connectivity index (χ1v) is 22.4. The zero-order valence-corrected chi connectivity index (χ0v) is 42.0. The summed E-state index contributed by atoms with van der Waals surface area (Å²) in [5, 5.41) is 17.9. The third-order valence-corrected chi connectivity index (χ3v) is 11.3. The van der Waals surface area contributed by atoms with E-state index < -0.39 is 35.0 Å². The smallest absolute Gasteiger partial charge is 0.258 e. The van der Waals surface area contributed by atoms with Gasteiger partial charge < -0.3 is 45.2 Å². The van der Waals surface area contributed by atoms with Crippen LogP contribution < -0.4 is 10.6 Å². The van der Waals surface area contributed by atoms with E-state index in [1.807, 2.05) is 40.3 Å². The van der Waals surface area contributed by atoms with Gasteiger partial charge in [0, 0.05) is 45.9 Å². The average Bonchev–Trinajstić information content (AvgIpc) is 3.57. The van der Waals surface area contributed by atoms with Crippen molar-refractivity contribution in [3.05, 3.63) is 46.4 Å². The molecule has 2 aromatic rings. The molecular formula is C45H76FN6O6SY-. The fourth-order valence-electron chi connectivity index (χ4n) is 6.57. The zero-order valence-electron chi connectivity index (χ0n) is 38.3. The number of alkyl halides is 1. The summed E-state index contributed by atoms with van der Waals surface area (Å²) in [5.41, 5.74) is 3.13. The molecule has 0 spiro atoms. The van der Waals surface area contributed by atoms with Crippen LogP contribution in [0.4, 0.5) is 4.39 Å². The Morgan fingerprint density at radius 3 is 2.08 bits per heavy atom. The van der Waals surface area contributed by atoms with E-state index in [9.17, 15) is 18.8 Å². The van der Waals surface area contributed by atoms with Gasteiger partial charge in [-0.25, -0.2) is 9.37 Å². The minimum Gasteiger partial charge on any atom is -0.662 e. The molecule has 6 rings (SSSR count). The van der Waals surface area contributed by atoms with Gasteiger partial charge in [-0.3, -0.25) is 9.59 Å². The van der Waals surface area contributed by atoms with Crippen LogP contribution in [0.15, 0.2) is 29.8 Å². The standard InChI is InChI=1S/C14H21FN2O4.C12H14N2S.C12H23N2.C3H8O.C2H4O.C2H6.Y/c1-13(2,3)10(16-12(20)14(15)4-5-14)11(19)17-8-21-7-9(17)6-18;1-9-12(15-8-14-9)11-5-3-10(4-6-11)7-13-2;1-14-8-4-12(5-9-14)10-11-2-6-13-7-3-11;1-2-3-4;1-2-3;1-2;/h6,9-10H,4-5,7-8H2,1-3H3,(H,16,20);3-6,8,13H,7H2,1-2H3;11-12H,2-10H2,1H3;4H,2-3H2,1H3;2H,1H3;1-2H3;/q;;-1;;;;. The number of hydrogen-bond donors (Lipinski definition) is 3. The Morgan fingerprint density at radius 1 is 1.08 bits per heavy atom. The van der Waals surface area contributed by atoms with Gasteiger partial charge >= 0.3 is 0 Å². The van der Waals surface area contributed by atoms with Gasteiger partial charge in [-0.1, -0.05) is 78.6 Å². The second-order valence-corrected chi connectivity index (χ2v) is 17.2. The van der Waals surface area contributed by atoms with Gasteiger partial charge in [-0.2, -0.15) is 0 Å². The minimum atomic E-state index is -1.84. The molecule has 0 bridgehead atoms. The molecule has 3 aliphatic heterocycles. The second-order valence-electron chi connectivity index (χ2n) is 16.3. The normalized spacial score (nSPS) is 18.9. The Balaban J connectivity index is 0.000000797. The maximum absolute atomic E-state index is 13.8. The number of likely N-dealkylation sites (tertiary alicyclic amines) is 1. The fraction of sp³-hybridized carbons (Fsp3) is 0.711. The molecule has 1 radical (unpaired) electrons.